The largest absolute Gasteiger partial charge is 0.494 e. The third kappa shape index (κ3) is 6.23. The summed E-state index contributed by atoms with van der Waals surface area (Å²) in [5.74, 6) is 2.03. The van der Waals surface area contributed by atoms with E-state index in [1.807, 2.05) is 35.7 Å². The molecule has 3 rings (SSSR count). The molecule has 0 spiro atoms. The van der Waals surface area contributed by atoms with Crippen molar-refractivity contribution in [3.8, 4) is 28.5 Å². The van der Waals surface area contributed by atoms with Gasteiger partial charge in [-0.3, -0.25) is 4.79 Å². The van der Waals surface area contributed by atoms with Gasteiger partial charge in [0.25, 0.3) is 0 Å². The van der Waals surface area contributed by atoms with Crippen molar-refractivity contribution in [3.05, 3.63) is 53.4 Å². The molecule has 0 saturated carbocycles. The first-order valence-electron chi connectivity index (χ1n) is 10.5. The van der Waals surface area contributed by atoms with Crippen LogP contribution in [0.25, 0.3) is 11.3 Å². The zero-order valence-electron chi connectivity index (χ0n) is 19.2. The minimum absolute atomic E-state index is 0.0788. The second-order valence-corrected chi connectivity index (χ2v) is 9.24. The third-order valence-corrected chi connectivity index (χ3v) is 5.72. The van der Waals surface area contributed by atoms with E-state index in [1.54, 1.807) is 14.2 Å². The van der Waals surface area contributed by atoms with Crippen LogP contribution in [0.5, 0.6) is 17.2 Å². The first kappa shape index (κ1) is 23.6. The number of ether oxygens (including phenoxy) is 3. The van der Waals surface area contributed by atoms with E-state index in [9.17, 15) is 4.79 Å². The molecular formula is C25H30N2O4S. The topological polar surface area (TPSA) is 69.7 Å². The number of carbonyl (C=O) groups is 1. The van der Waals surface area contributed by atoms with Crippen molar-refractivity contribution in [2.75, 3.05) is 26.1 Å². The van der Waals surface area contributed by atoms with Gasteiger partial charge in [-0.1, -0.05) is 32.9 Å². The number of nitrogens with one attached hydrogen (secondary N) is 1. The van der Waals surface area contributed by atoms with Crippen molar-refractivity contribution in [2.45, 2.75) is 39.0 Å². The molecule has 0 bridgehead atoms. The maximum atomic E-state index is 12.3. The second-order valence-electron chi connectivity index (χ2n) is 8.38. The predicted octanol–water partition coefficient (Wildman–Crippen LogP) is 5.92. The molecule has 0 aliphatic rings. The fourth-order valence-electron chi connectivity index (χ4n) is 3.11. The lowest BCUT2D eigenvalue weighted by Gasteiger charge is -2.19. The number of rotatable bonds is 9. The highest BCUT2D eigenvalue weighted by Gasteiger charge is 2.13. The van der Waals surface area contributed by atoms with Crippen LogP contribution in [0.15, 0.2) is 47.8 Å². The van der Waals surface area contributed by atoms with Crippen molar-refractivity contribution < 1.29 is 19.0 Å². The summed E-state index contributed by atoms with van der Waals surface area (Å²) in [7, 11) is 3.20. The Balaban J connectivity index is 1.46. The summed E-state index contributed by atoms with van der Waals surface area (Å²) in [6.45, 7) is 7.03. The van der Waals surface area contributed by atoms with Gasteiger partial charge < -0.3 is 19.5 Å². The van der Waals surface area contributed by atoms with Gasteiger partial charge >= 0.3 is 0 Å². The second kappa shape index (κ2) is 10.5. The summed E-state index contributed by atoms with van der Waals surface area (Å²) < 4.78 is 16.4. The number of hydrogen-bond acceptors (Lipinski definition) is 6. The molecule has 0 atom stereocenters. The van der Waals surface area contributed by atoms with Crippen molar-refractivity contribution in [3.63, 3.8) is 0 Å². The predicted molar refractivity (Wildman–Crippen MR) is 129 cm³/mol. The van der Waals surface area contributed by atoms with Crippen LogP contribution >= 0.6 is 11.3 Å². The van der Waals surface area contributed by atoms with Gasteiger partial charge in [-0.25, -0.2) is 4.98 Å². The Morgan fingerprint density at radius 3 is 2.41 bits per heavy atom. The third-order valence-electron chi connectivity index (χ3n) is 4.97. The van der Waals surface area contributed by atoms with Crippen LogP contribution in [0, 0.1) is 0 Å². The van der Waals surface area contributed by atoms with Crippen LogP contribution in [0.3, 0.4) is 0 Å². The summed E-state index contributed by atoms with van der Waals surface area (Å²) in [5.41, 5.74) is 3.05. The number of aromatic nitrogens is 1. The quantitative estimate of drug-likeness (QED) is 0.406. The van der Waals surface area contributed by atoms with E-state index in [4.69, 9.17) is 14.2 Å². The molecule has 0 aliphatic carbocycles. The molecule has 0 aliphatic heterocycles. The van der Waals surface area contributed by atoms with Gasteiger partial charge in [-0.2, -0.15) is 0 Å². The maximum Gasteiger partial charge on any atom is 0.226 e. The van der Waals surface area contributed by atoms with Crippen molar-refractivity contribution in [2.24, 2.45) is 0 Å². The number of benzene rings is 2. The van der Waals surface area contributed by atoms with Crippen LogP contribution in [-0.2, 0) is 10.2 Å². The van der Waals surface area contributed by atoms with Gasteiger partial charge in [-0.05, 0) is 47.7 Å². The summed E-state index contributed by atoms with van der Waals surface area (Å²) >= 11 is 1.39. The molecule has 1 amide bonds. The molecule has 1 aromatic heterocycles. The van der Waals surface area contributed by atoms with E-state index in [-0.39, 0.29) is 11.3 Å². The standard InChI is InChI=1S/C25H30N2O4S/c1-25(2,3)18-9-11-19(12-10-18)31-14-6-7-23(28)27-24-26-20(16-32-24)17-8-13-21(29-4)22(15-17)30-5/h8-13,15-16H,6-7,14H2,1-5H3,(H,26,27,28). The van der Waals surface area contributed by atoms with Crippen molar-refractivity contribution in [1.82, 2.24) is 4.98 Å². The Morgan fingerprint density at radius 1 is 1.03 bits per heavy atom. The minimum atomic E-state index is -0.0788. The van der Waals surface area contributed by atoms with E-state index < -0.39 is 0 Å². The van der Waals surface area contributed by atoms with Gasteiger partial charge in [0.15, 0.2) is 16.6 Å². The maximum absolute atomic E-state index is 12.3. The first-order chi connectivity index (χ1) is 15.3. The molecule has 0 fully saturated rings. The highest BCUT2D eigenvalue weighted by atomic mass is 32.1. The lowest BCUT2D eigenvalue weighted by atomic mass is 9.87. The van der Waals surface area contributed by atoms with E-state index in [1.165, 1.54) is 16.9 Å². The van der Waals surface area contributed by atoms with Crippen LogP contribution in [-0.4, -0.2) is 31.7 Å². The number of nitrogens with zero attached hydrogens (tertiary/aromatic N) is 1. The van der Waals surface area contributed by atoms with Crippen LogP contribution in [0.1, 0.15) is 39.2 Å². The number of amides is 1. The van der Waals surface area contributed by atoms with E-state index in [2.05, 4.69) is 43.2 Å². The van der Waals surface area contributed by atoms with Crippen LogP contribution in [0.2, 0.25) is 0 Å². The van der Waals surface area contributed by atoms with Gasteiger partial charge in [0.2, 0.25) is 5.91 Å². The summed E-state index contributed by atoms with van der Waals surface area (Å²) in [6, 6.07) is 13.7. The van der Waals surface area contributed by atoms with E-state index in [0.717, 1.165) is 17.0 Å². The molecular weight excluding hydrogens is 424 g/mol. The van der Waals surface area contributed by atoms with Crippen molar-refractivity contribution >= 4 is 22.4 Å². The molecule has 6 nitrogen and oxygen atoms in total. The zero-order valence-corrected chi connectivity index (χ0v) is 20.0. The molecule has 0 radical (unpaired) electrons. The van der Waals surface area contributed by atoms with Crippen molar-refractivity contribution in [1.29, 1.82) is 0 Å². The molecule has 7 heteroatoms. The zero-order chi connectivity index (χ0) is 23.1. The molecule has 170 valence electrons. The monoisotopic (exact) mass is 454 g/mol. The summed E-state index contributed by atoms with van der Waals surface area (Å²) in [6.07, 6.45) is 0.992. The van der Waals surface area contributed by atoms with Crippen LogP contribution < -0.4 is 19.5 Å². The highest BCUT2D eigenvalue weighted by molar-refractivity contribution is 7.14. The number of anilines is 1. The smallest absolute Gasteiger partial charge is 0.226 e. The molecule has 32 heavy (non-hydrogen) atoms. The normalized spacial score (nSPS) is 11.2. The Bertz CT molecular complexity index is 1040. The molecule has 1 N–H and O–H groups in total. The number of hydrogen-bond donors (Lipinski definition) is 1. The summed E-state index contributed by atoms with van der Waals surface area (Å²) in [4.78, 5) is 16.8. The lowest BCUT2D eigenvalue weighted by molar-refractivity contribution is -0.116. The molecule has 0 unspecified atom stereocenters. The lowest BCUT2D eigenvalue weighted by Crippen LogP contribution is -2.13. The Labute approximate surface area is 193 Å². The first-order valence-corrected chi connectivity index (χ1v) is 11.4. The van der Waals surface area contributed by atoms with E-state index >= 15 is 0 Å². The molecule has 2 aromatic carbocycles. The average Bonchev–Trinajstić information content (AvgIpc) is 3.24. The molecule has 1 heterocycles. The minimum Gasteiger partial charge on any atom is -0.494 e. The summed E-state index contributed by atoms with van der Waals surface area (Å²) in [5, 5.41) is 5.33. The van der Waals surface area contributed by atoms with Gasteiger partial charge in [0, 0.05) is 17.4 Å². The number of carbonyl (C=O) groups excluding carboxylic acids is 1. The Morgan fingerprint density at radius 2 is 1.75 bits per heavy atom. The average molecular weight is 455 g/mol. The van der Waals surface area contributed by atoms with Gasteiger partial charge in [0.05, 0.1) is 26.5 Å². The Hall–Kier alpha value is -3.06. The fraction of sp³-hybridized carbons (Fsp3) is 0.360. The van der Waals surface area contributed by atoms with Crippen LogP contribution in [0.4, 0.5) is 5.13 Å². The van der Waals surface area contributed by atoms with E-state index in [0.29, 0.717) is 36.1 Å². The number of thiazole rings is 1. The van der Waals surface area contributed by atoms with Gasteiger partial charge in [0.1, 0.15) is 5.75 Å². The number of methoxy groups -OCH3 is 2. The highest BCUT2D eigenvalue weighted by Crippen LogP contribution is 2.33. The molecule has 0 saturated heterocycles. The SMILES string of the molecule is COc1ccc(-c2csc(NC(=O)CCCOc3ccc(C(C)(C)C)cc3)n2)cc1OC. The fourth-order valence-corrected chi connectivity index (χ4v) is 3.85. The Kier molecular flexibility index (Phi) is 7.75. The van der Waals surface area contributed by atoms with Gasteiger partial charge in [-0.15, -0.1) is 11.3 Å². The molecule has 3 aromatic rings.